The summed E-state index contributed by atoms with van der Waals surface area (Å²) in [5, 5.41) is 0. The fourth-order valence-electron chi connectivity index (χ4n) is 1.86. The number of carbonyl (C=O) groups excluding carboxylic acids is 1. The van der Waals surface area contributed by atoms with Crippen molar-refractivity contribution in [2.24, 2.45) is 0 Å². The van der Waals surface area contributed by atoms with Crippen molar-refractivity contribution < 1.29 is 9.18 Å². The van der Waals surface area contributed by atoms with E-state index in [1.807, 2.05) is 32.8 Å². The number of carbonyl (C=O) groups is 1. The summed E-state index contributed by atoms with van der Waals surface area (Å²) in [6, 6.07) is 4.48. The van der Waals surface area contributed by atoms with E-state index in [4.69, 9.17) is 0 Å². The molecule has 1 rings (SSSR count). The zero-order valence-electron chi connectivity index (χ0n) is 11.2. The Kier molecular flexibility index (Phi) is 4.04. The number of hydrogen-bond donors (Lipinski definition) is 0. The van der Waals surface area contributed by atoms with E-state index in [1.165, 1.54) is 12.1 Å². The highest BCUT2D eigenvalue weighted by atomic mass is 19.1. The Bertz CT molecular complexity index is 408. The molecule has 2 nitrogen and oxygen atoms in total. The summed E-state index contributed by atoms with van der Waals surface area (Å²) in [7, 11) is 3.74. The van der Waals surface area contributed by atoms with Crippen LogP contribution >= 0.6 is 0 Å². The monoisotopic (exact) mass is 237 g/mol. The van der Waals surface area contributed by atoms with Crippen LogP contribution in [0.25, 0.3) is 0 Å². The van der Waals surface area contributed by atoms with Crippen molar-refractivity contribution in [1.82, 2.24) is 4.90 Å². The Morgan fingerprint density at radius 2 is 1.94 bits per heavy atom. The van der Waals surface area contributed by atoms with E-state index in [9.17, 15) is 9.18 Å². The molecule has 0 saturated heterocycles. The quantitative estimate of drug-likeness (QED) is 0.750. The van der Waals surface area contributed by atoms with Crippen LogP contribution in [-0.4, -0.2) is 30.3 Å². The van der Waals surface area contributed by atoms with Crippen LogP contribution in [-0.2, 0) is 0 Å². The molecule has 0 saturated carbocycles. The molecule has 1 atom stereocenters. The Labute approximate surface area is 102 Å². The highest BCUT2D eigenvalue weighted by Crippen LogP contribution is 2.23. The number of aryl methyl sites for hydroxylation is 1. The lowest BCUT2D eigenvalue weighted by Gasteiger charge is -2.34. The molecule has 17 heavy (non-hydrogen) atoms. The molecule has 0 aliphatic heterocycles. The summed E-state index contributed by atoms with van der Waals surface area (Å²) in [5.74, 6) is -0.391. The Balaban J connectivity index is 3.19. The third kappa shape index (κ3) is 2.72. The van der Waals surface area contributed by atoms with Crippen molar-refractivity contribution in [3.63, 3.8) is 0 Å². The first kappa shape index (κ1) is 13.8. The van der Waals surface area contributed by atoms with Gasteiger partial charge in [0.05, 0.1) is 5.54 Å². The second-order valence-corrected chi connectivity index (χ2v) is 4.87. The molecule has 0 bridgehead atoms. The maximum absolute atomic E-state index is 13.3. The Hall–Kier alpha value is -1.22. The summed E-state index contributed by atoms with van der Waals surface area (Å²) in [6.07, 6.45) is 0.689. The molecule has 0 spiro atoms. The maximum Gasteiger partial charge on any atom is 0.182 e. The van der Waals surface area contributed by atoms with Crippen molar-refractivity contribution in [2.45, 2.75) is 32.7 Å². The number of benzene rings is 1. The number of hydrogen-bond acceptors (Lipinski definition) is 2. The van der Waals surface area contributed by atoms with Gasteiger partial charge >= 0.3 is 0 Å². The number of halogens is 1. The zero-order chi connectivity index (χ0) is 13.2. The number of likely N-dealkylation sites (N-methyl/N-ethyl adjacent to an activating group) is 1. The average molecular weight is 237 g/mol. The average Bonchev–Trinajstić information content (AvgIpc) is 2.25. The molecule has 1 aromatic rings. The molecule has 94 valence electrons. The molecule has 1 aromatic carbocycles. The van der Waals surface area contributed by atoms with E-state index < -0.39 is 5.54 Å². The summed E-state index contributed by atoms with van der Waals surface area (Å²) >= 11 is 0. The molecule has 3 heteroatoms. The summed E-state index contributed by atoms with van der Waals surface area (Å²) < 4.78 is 13.3. The summed E-state index contributed by atoms with van der Waals surface area (Å²) in [5.41, 5.74) is 0.631. The lowest BCUT2D eigenvalue weighted by molar-refractivity contribution is 0.0710. The largest absolute Gasteiger partial charge is 0.297 e. The molecule has 0 aromatic heterocycles. The predicted octanol–water partition coefficient (Wildman–Crippen LogP) is 3.05. The predicted molar refractivity (Wildman–Crippen MR) is 67.9 cm³/mol. The van der Waals surface area contributed by atoms with Crippen LogP contribution in [0.15, 0.2) is 18.2 Å². The standard InChI is InChI=1S/C14H20FNO/c1-6-14(3,16(4)5)13(17)11-7-10(2)8-12(15)9-11/h7-9H,6H2,1-5H3. The van der Waals surface area contributed by atoms with Gasteiger partial charge < -0.3 is 0 Å². The Morgan fingerprint density at radius 1 is 1.35 bits per heavy atom. The van der Waals surface area contributed by atoms with Crippen molar-refractivity contribution in [1.29, 1.82) is 0 Å². The second kappa shape index (κ2) is 4.96. The molecular weight excluding hydrogens is 217 g/mol. The van der Waals surface area contributed by atoms with Gasteiger partial charge in [-0.15, -0.1) is 0 Å². The molecule has 0 aliphatic rings. The van der Waals surface area contributed by atoms with E-state index in [0.717, 1.165) is 5.56 Å². The molecule has 0 radical (unpaired) electrons. The van der Waals surface area contributed by atoms with E-state index in [2.05, 4.69) is 0 Å². The smallest absolute Gasteiger partial charge is 0.182 e. The minimum atomic E-state index is -0.583. The van der Waals surface area contributed by atoms with Crippen LogP contribution < -0.4 is 0 Å². The van der Waals surface area contributed by atoms with Crippen LogP contribution in [0.2, 0.25) is 0 Å². The van der Waals surface area contributed by atoms with Crippen LogP contribution in [0.3, 0.4) is 0 Å². The van der Waals surface area contributed by atoms with Crippen LogP contribution in [0, 0.1) is 12.7 Å². The van der Waals surface area contributed by atoms with Gasteiger partial charge in [0, 0.05) is 5.56 Å². The van der Waals surface area contributed by atoms with Gasteiger partial charge in [-0.25, -0.2) is 4.39 Å². The van der Waals surface area contributed by atoms with E-state index in [-0.39, 0.29) is 11.6 Å². The minimum absolute atomic E-state index is 0.0346. The molecular formula is C14H20FNO. The van der Waals surface area contributed by atoms with Gasteiger partial charge in [-0.05, 0) is 58.1 Å². The Morgan fingerprint density at radius 3 is 2.35 bits per heavy atom. The number of nitrogens with zero attached hydrogens (tertiary/aromatic N) is 1. The van der Waals surface area contributed by atoms with Crippen molar-refractivity contribution in [3.05, 3.63) is 35.1 Å². The zero-order valence-corrected chi connectivity index (χ0v) is 11.2. The van der Waals surface area contributed by atoms with Crippen LogP contribution in [0.1, 0.15) is 36.2 Å². The van der Waals surface area contributed by atoms with Gasteiger partial charge in [-0.3, -0.25) is 9.69 Å². The van der Waals surface area contributed by atoms with Crippen LogP contribution in [0.5, 0.6) is 0 Å². The SMILES string of the molecule is CCC(C)(C(=O)c1cc(C)cc(F)c1)N(C)C. The van der Waals surface area contributed by atoms with E-state index >= 15 is 0 Å². The second-order valence-electron chi connectivity index (χ2n) is 4.87. The number of ketones is 1. The first-order valence-electron chi connectivity index (χ1n) is 5.80. The topological polar surface area (TPSA) is 20.3 Å². The van der Waals surface area contributed by atoms with Crippen molar-refractivity contribution in [2.75, 3.05) is 14.1 Å². The highest BCUT2D eigenvalue weighted by Gasteiger charge is 2.34. The van der Waals surface area contributed by atoms with Crippen molar-refractivity contribution in [3.8, 4) is 0 Å². The molecule has 0 amide bonds. The van der Waals surface area contributed by atoms with Gasteiger partial charge in [0.1, 0.15) is 5.82 Å². The number of rotatable bonds is 4. The van der Waals surface area contributed by atoms with Gasteiger partial charge in [-0.2, -0.15) is 0 Å². The summed E-state index contributed by atoms with van der Waals surface area (Å²) in [4.78, 5) is 14.3. The molecule has 0 N–H and O–H groups in total. The third-order valence-corrected chi connectivity index (χ3v) is 3.47. The molecule has 0 heterocycles. The fraction of sp³-hybridized carbons (Fsp3) is 0.500. The van der Waals surface area contributed by atoms with E-state index in [1.54, 1.807) is 13.0 Å². The molecule has 0 fully saturated rings. The lowest BCUT2D eigenvalue weighted by atomic mass is 9.87. The molecule has 1 unspecified atom stereocenters. The maximum atomic E-state index is 13.3. The van der Waals surface area contributed by atoms with Gasteiger partial charge in [0.2, 0.25) is 0 Å². The van der Waals surface area contributed by atoms with Crippen LogP contribution in [0.4, 0.5) is 4.39 Å². The normalized spacial score (nSPS) is 14.8. The fourth-order valence-corrected chi connectivity index (χ4v) is 1.86. The highest BCUT2D eigenvalue weighted by molar-refractivity contribution is 6.03. The van der Waals surface area contributed by atoms with Crippen molar-refractivity contribution >= 4 is 5.78 Å². The van der Waals surface area contributed by atoms with Gasteiger partial charge in [0.15, 0.2) is 5.78 Å². The van der Waals surface area contributed by atoms with Gasteiger partial charge in [0.25, 0.3) is 0 Å². The lowest BCUT2D eigenvalue weighted by Crippen LogP contribution is -2.48. The van der Waals surface area contributed by atoms with Gasteiger partial charge in [-0.1, -0.05) is 6.92 Å². The third-order valence-electron chi connectivity index (χ3n) is 3.47. The number of Topliss-reactive ketones (excluding diaryl/α,β-unsaturated/α-hetero) is 1. The van der Waals surface area contributed by atoms with E-state index in [0.29, 0.717) is 12.0 Å². The summed E-state index contributed by atoms with van der Waals surface area (Å²) in [6.45, 7) is 5.64. The molecule has 0 aliphatic carbocycles. The first-order valence-corrected chi connectivity index (χ1v) is 5.80. The first-order chi connectivity index (χ1) is 7.81. The minimum Gasteiger partial charge on any atom is -0.297 e.